The molecule has 51 heavy (non-hydrogen) atoms. The number of hydrogen-bond acceptors (Lipinski definition) is 4. The Morgan fingerprint density at radius 3 is 1.92 bits per heavy atom. The van der Waals surface area contributed by atoms with Crippen molar-refractivity contribution in [1.29, 1.82) is 0 Å². The maximum Gasteiger partial charge on any atom is 0.148 e. The summed E-state index contributed by atoms with van der Waals surface area (Å²) >= 11 is 0. The third kappa shape index (κ3) is 6.89. The number of aromatic hydroxyl groups is 1. The summed E-state index contributed by atoms with van der Waals surface area (Å²) in [7, 11) is 0. The second kappa shape index (κ2) is 13.2. The Labute approximate surface area is 316 Å². The van der Waals surface area contributed by atoms with Crippen molar-refractivity contribution in [2.24, 2.45) is 0 Å². The predicted molar refractivity (Wildman–Crippen MR) is 207 cm³/mol. The first kappa shape index (κ1) is 36.2. The molecule has 0 aliphatic rings. The summed E-state index contributed by atoms with van der Waals surface area (Å²) in [5.41, 5.74) is 11.1. The molecule has 0 aliphatic carbocycles. The quantitative estimate of drug-likeness (QED) is 0.179. The van der Waals surface area contributed by atoms with Crippen LogP contribution in [0.25, 0.3) is 61.4 Å². The van der Waals surface area contributed by atoms with E-state index >= 15 is 0 Å². The molecule has 7 rings (SSSR count). The first-order valence-electron chi connectivity index (χ1n) is 17.3. The van der Waals surface area contributed by atoms with Gasteiger partial charge in [-0.15, -0.1) is 29.3 Å². The molecule has 5 nitrogen and oxygen atoms in total. The SMILES string of the molecule is CC(C)(C)c1ccc(-n2c(-c3cc(C(C)(C)C)ccc3O)nc3c(-c4[c-]c(-c5cccc6cccnc56)cc(C(C)(C)C)c4)nccc32)cc1.[Pt]. The topological polar surface area (TPSA) is 63.8 Å². The van der Waals surface area contributed by atoms with Crippen LogP contribution in [0.4, 0.5) is 0 Å². The summed E-state index contributed by atoms with van der Waals surface area (Å²) < 4.78 is 2.15. The van der Waals surface area contributed by atoms with E-state index in [1.807, 2.05) is 30.6 Å². The third-order valence-electron chi connectivity index (χ3n) is 9.58. The molecule has 1 N–H and O–H groups in total. The van der Waals surface area contributed by atoms with Gasteiger partial charge in [-0.2, -0.15) is 0 Å². The number of pyridine rings is 2. The molecule has 262 valence electrons. The summed E-state index contributed by atoms with van der Waals surface area (Å²) in [5.74, 6) is 0.842. The fraction of sp³-hybridized carbons (Fsp3) is 0.267. The van der Waals surface area contributed by atoms with Gasteiger partial charge in [-0.25, -0.2) is 4.98 Å². The first-order chi connectivity index (χ1) is 23.6. The smallest absolute Gasteiger partial charge is 0.148 e. The van der Waals surface area contributed by atoms with E-state index in [1.54, 1.807) is 6.07 Å². The van der Waals surface area contributed by atoms with E-state index in [0.717, 1.165) is 55.6 Å². The fourth-order valence-corrected chi connectivity index (χ4v) is 6.53. The molecule has 0 unspecified atom stereocenters. The monoisotopic (exact) mass is 852 g/mol. The third-order valence-corrected chi connectivity index (χ3v) is 9.58. The Balaban J connectivity index is 0.00000448. The van der Waals surface area contributed by atoms with E-state index in [-0.39, 0.29) is 43.1 Å². The van der Waals surface area contributed by atoms with Gasteiger partial charge in [0.15, 0.2) is 0 Å². The van der Waals surface area contributed by atoms with Crippen molar-refractivity contribution in [3.63, 3.8) is 0 Å². The second-order valence-corrected chi connectivity index (χ2v) is 16.4. The van der Waals surface area contributed by atoms with E-state index in [0.29, 0.717) is 11.4 Å². The molecule has 0 saturated carbocycles. The molecule has 3 heterocycles. The second-order valence-electron chi connectivity index (χ2n) is 16.4. The number of phenolic OH excluding ortho intramolecular Hbond substituents is 1. The van der Waals surface area contributed by atoms with E-state index in [9.17, 15) is 5.11 Å². The van der Waals surface area contributed by atoms with Gasteiger partial charge in [-0.05, 0) is 69.2 Å². The van der Waals surface area contributed by atoms with Gasteiger partial charge in [-0.1, -0.05) is 116 Å². The van der Waals surface area contributed by atoms with Gasteiger partial charge in [0.2, 0.25) is 0 Å². The summed E-state index contributed by atoms with van der Waals surface area (Å²) in [5, 5.41) is 12.5. The molecule has 0 spiro atoms. The number of para-hydroxylation sites is 1. The van der Waals surface area contributed by atoms with Crippen molar-refractivity contribution in [1.82, 2.24) is 19.5 Å². The van der Waals surface area contributed by atoms with Crippen LogP contribution in [0.15, 0.2) is 103 Å². The van der Waals surface area contributed by atoms with Crippen molar-refractivity contribution in [3.05, 3.63) is 126 Å². The van der Waals surface area contributed by atoms with Gasteiger partial charge in [0, 0.05) is 50.4 Å². The molecule has 6 heteroatoms. The normalized spacial score (nSPS) is 12.3. The van der Waals surface area contributed by atoms with Crippen LogP contribution in [0, 0.1) is 6.07 Å². The number of hydrogen-bond donors (Lipinski definition) is 1. The van der Waals surface area contributed by atoms with Gasteiger partial charge in [0.05, 0.1) is 16.6 Å². The minimum Gasteiger partial charge on any atom is -0.507 e. The minimum absolute atomic E-state index is 0. The molecule has 0 radical (unpaired) electrons. The molecule has 0 atom stereocenters. The zero-order valence-corrected chi connectivity index (χ0v) is 33.1. The summed E-state index contributed by atoms with van der Waals surface area (Å²) in [4.78, 5) is 15.1. The molecule has 0 saturated heterocycles. The van der Waals surface area contributed by atoms with Crippen LogP contribution in [0.5, 0.6) is 5.75 Å². The Morgan fingerprint density at radius 1 is 0.588 bits per heavy atom. The zero-order valence-electron chi connectivity index (χ0n) is 30.9. The van der Waals surface area contributed by atoms with Crippen molar-refractivity contribution >= 4 is 21.9 Å². The molecule has 3 aromatic heterocycles. The number of phenols is 1. The molecule has 0 amide bonds. The van der Waals surface area contributed by atoms with Crippen LogP contribution in [-0.4, -0.2) is 24.6 Å². The van der Waals surface area contributed by atoms with E-state index in [1.165, 1.54) is 11.1 Å². The van der Waals surface area contributed by atoms with Crippen molar-refractivity contribution in [2.75, 3.05) is 0 Å². The van der Waals surface area contributed by atoms with Crippen LogP contribution in [-0.2, 0) is 37.3 Å². The Hall–Kier alpha value is -4.60. The number of rotatable bonds is 4. The first-order valence-corrected chi connectivity index (χ1v) is 17.3. The van der Waals surface area contributed by atoms with Gasteiger partial charge in [0.25, 0.3) is 0 Å². The Kier molecular flexibility index (Phi) is 9.36. The molecule has 0 bridgehead atoms. The average molecular weight is 853 g/mol. The number of imidazole rings is 1. The van der Waals surface area contributed by atoms with Crippen LogP contribution in [0.1, 0.15) is 79.0 Å². The molecule has 0 aliphatic heterocycles. The maximum absolute atomic E-state index is 11.4. The zero-order chi connectivity index (χ0) is 35.6. The van der Waals surface area contributed by atoms with E-state index in [4.69, 9.17) is 15.0 Å². The minimum atomic E-state index is -0.136. The van der Waals surface area contributed by atoms with E-state index in [2.05, 4.69) is 140 Å². The number of aromatic nitrogens is 4. The van der Waals surface area contributed by atoms with Crippen LogP contribution >= 0.6 is 0 Å². The number of fused-ring (bicyclic) bond motifs is 2. The Bertz CT molecular complexity index is 2380. The van der Waals surface area contributed by atoms with Gasteiger partial charge >= 0.3 is 0 Å². The van der Waals surface area contributed by atoms with Crippen LogP contribution in [0.2, 0.25) is 0 Å². The van der Waals surface area contributed by atoms with Crippen molar-refractivity contribution in [3.8, 4) is 45.2 Å². The molecule has 4 aromatic carbocycles. The predicted octanol–water partition coefficient (Wildman–Crippen LogP) is 11.4. The number of benzene rings is 4. The molecular weight excluding hydrogens is 808 g/mol. The van der Waals surface area contributed by atoms with Crippen LogP contribution in [0.3, 0.4) is 0 Å². The summed E-state index contributed by atoms with van der Waals surface area (Å²) in [6.45, 7) is 19.9. The number of nitrogens with zero attached hydrogens (tertiary/aromatic N) is 4. The van der Waals surface area contributed by atoms with Gasteiger partial charge < -0.3 is 5.11 Å². The van der Waals surface area contributed by atoms with Gasteiger partial charge in [0.1, 0.15) is 11.6 Å². The van der Waals surface area contributed by atoms with Crippen LogP contribution < -0.4 is 0 Å². The van der Waals surface area contributed by atoms with Crippen molar-refractivity contribution in [2.45, 2.75) is 78.6 Å². The average Bonchev–Trinajstić information content (AvgIpc) is 3.46. The molecular formula is C45H45N4OPt-. The summed E-state index contributed by atoms with van der Waals surface area (Å²) in [6, 6.07) is 35.0. The van der Waals surface area contributed by atoms with E-state index < -0.39 is 0 Å². The van der Waals surface area contributed by atoms with Gasteiger partial charge in [-0.3, -0.25) is 14.5 Å². The maximum atomic E-state index is 11.4. The van der Waals surface area contributed by atoms with Crippen molar-refractivity contribution < 1.29 is 26.2 Å². The summed E-state index contributed by atoms with van der Waals surface area (Å²) in [6.07, 6.45) is 3.69. The Morgan fingerprint density at radius 2 is 1.24 bits per heavy atom. The molecule has 0 fully saturated rings. The molecule has 7 aromatic rings. The fourth-order valence-electron chi connectivity index (χ4n) is 6.53. The largest absolute Gasteiger partial charge is 0.507 e. The standard InChI is InChI=1S/C45H45N4O.Pt/c1-43(2,3)31-15-18-34(19-16-31)49-37-21-23-47-40(41(37)48-42(49)36-27-32(44(4,5)6)17-20-38(36)50)30-24-29(25-33(26-30)45(7,8)9)35-14-10-12-28-13-11-22-46-39(28)35;/h10-23,25-27,50H,1-9H3;/q-1;.